The highest BCUT2D eigenvalue weighted by atomic mass is 35.7. The fourth-order valence-electron chi connectivity index (χ4n) is 0.602. The van der Waals surface area contributed by atoms with E-state index in [-0.39, 0.29) is 5.91 Å². The van der Waals surface area contributed by atoms with Crippen LogP contribution in [-0.2, 0) is 4.79 Å². The Hall–Kier alpha value is 0.110. The third-order valence-corrected chi connectivity index (χ3v) is 2.24. The zero-order chi connectivity index (χ0) is 7.98. The van der Waals surface area contributed by atoms with Crippen molar-refractivity contribution in [2.75, 3.05) is 6.54 Å². The maximum Gasteiger partial charge on any atom is 0.233 e. The van der Waals surface area contributed by atoms with Crippen molar-refractivity contribution >= 4 is 27.8 Å². The van der Waals surface area contributed by atoms with Crippen molar-refractivity contribution in [1.82, 2.24) is 4.31 Å². The van der Waals surface area contributed by atoms with Crippen LogP contribution in [0.4, 0.5) is 0 Å². The van der Waals surface area contributed by atoms with Gasteiger partial charge in [-0.1, -0.05) is 6.92 Å². The van der Waals surface area contributed by atoms with Crippen LogP contribution in [0.2, 0.25) is 0 Å². The monoisotopic (exact) mass is 181 g/mol. The van der Waals surface area contributed by atoms with Crippen LogP contribution in [0.3, 0.4) is 0 Å². The molecule has 0 radical (unpaired) electrons. The number of carbonyl (C=O) groups is 1. The highest BCUT2D eigenvalue weighted by Crippen LogP contribution is 2.15. The van der Waals surface area contributed by atoms with Gasteiger partial charge in [0.15, 0.2) is 0 Å². The van der Waals surface area contributed by atoms with E-state index in [4.69, 9.17) is 10.7 Å². The van der Waals surface area contributed by atoms with Crippen molar-refractivity contribution in [1.29, 1.82) is 0 Å². The van der Waals surface area contributed by atoms with E-state index in [1.165, 1.54) is 0 Å². The summed E-state index contributed by atoms with van der Waals surface area (Å²) in [6, 6.07) is 0. The number of hydrogen-bond donors (Lipinski definition) is 0. The van der Waals surface area contributed by atoms with Crippen LogP contribution < -0.4 is 0 Å². The predicted molar refractivity (Wildman–Crippen MR) is 45.7 cm³/mol. The largest absolute Gasteiger partial charge is 0.274 e. The molecule has 0 aromatic heterocycles. The van der Waals surface area contributed by atoms with E-state index >= 15 is 0 Å². The van der Waals surface area contributed by atoms with Gasteiger partial charge >= 0.3 is 0 Å². The minimum Gasteiger partial charge on any atom is -0.274 e. The zero-order valence-corrected chi connectivity index (χ0v) is 7.84. The van der Waals surface area contributed by atoms with Gasteiger partial charge in [-0.2, -0.15) is 0 Å². The lowest BCUT2D eigenvalue weighted by atomic mass is 10.3. The van der Waals surface area contributed by atoms with Crippen molar-refractivity contribution < 1.29 is 4.79 Å². The molecule has 0 bridgehead atoms. The molecule has 1 amide bonds. The van der Waals surface area contributed by atoms with Crippen LogP contribution >= 0.6 is 21.8 Å². The molecule has 60 valence electrons. The molecule has 0 rings (SSSR count). The summed E-state index contributed by atoms with van der Waals surface area (Å²) < 4.78 is 1.55. The fourth-order valence-corrected chi connectivity index (χ4v) is 1.39. The summed E-state index contributed by atoms with van der Waals surface area (Å²) in [5, 5.41) is 0. The second kappa shape index (κ2) is 5.86. The van der Waals surface area contributed by atoms with E-state index in [2.05, 4.69) is 0 Å². The lowest BCUT2D eigenvalue weighted by Gasteiger charge is -2.13. The summed E-state index contributed by atoms with van der Waals surface area (Å²) in [6.45, 7) is 4.56. The van der Waals surface area contributed by atoms with Gasteiger partial charge in [-0.25, -0.2) is 0 Å². The average Bonchev–Trinajstić information content (AvgIpc) is 1.91. The van der Waals surface area contributed by atoms with Gasteiger partial charge in [0.2, 0.25) is 5.91 Å². The molecule has 0 saturated carbocycles. The second-order valence-corrected chi connectivity index (χ2v) is 2.90. The van der Waals surface area contributed by atoms with Gasteiger partial charge in [0.1, 0.15) is 0 Å². The summed E-state index contributed by atoms with van der Waals surface area (Å²) in [6.07, 6.45) is 1.47. The molecule has 0 saturated heterocycles. The number of halogens is 1. The molecule has 0 aliphatic rings. The number of amides is 1. The molecule has 0 aliphatic carbocycles. The first-order valence-electron chi connectivity index (χ1n) is 3.35. The predicted octanol–water partition coefficient (Wildman–Crippen LogP) is 2.44. The lowest BCUT2D eigenvalue weighted by Crippen LogP contribution is -2.21. The Bertz CT molecular complexity index is 106. The van der Waals surface area contributed by atoms with Crippen LogP contribution in [0.25, 0.3) is 0 Å². The highest BCUT2D eigenvalue weighted by molar-refractivity contribution is 8.19. The van der Waals surface area contributed by atoms with Crippen LogP contribution in [0.1, 0.15) is 26.7 Å². The Morgan fingerprint density at radius 3 is 2.50 bits per heavy atom. The smallest absolute Gasteiger partial charge is 0.233 e. The van der Waals surface area contributed by atoms with E-state index in [1.807, 2.05) is 13.8 Å². The molecule has 0 spiro atoms. The van der Waals surface area contributed by atoms with Gasteiger partial charge < -0.3 is 0 Å². The summed E-state index contributed by atoms with van der Waals surface area (Å²) in [5.74, 6) is 0.116. The molecule has 4 heteroatoms. The first-order chi connectivity index (χ1) is 4.76. The van der Waals surface area contributed by atoms with E-state index < -0.39 is 0 Å². The maximum absolute atomic E-state index is 11.0. The van der Waals surface area contributed by atoms with Crippen molar-refractivity contribution in [3.8, 4) is 0 Å². The van der Waals surface area contributed by atoms with E-state index in [0.717, 1.165) is 17.6 Å². The highest BCUT2D eigenvalue weighted by Gasteiger charge is 2.08. The molecular formula is C6H12ClNOS. The number of hydrogen-bond acceptors (Lipinski definition) is 2. The molecule has 0 aromatic carbocycles. The summed E-state index contributed by atoms with van der Waals surface area (Å²) in [4.78, 5) is 11.0. The van der Waals surface area contributed by atoms with Crippen molar-refractivity contribution in [3.05, 3.63) is 0 Å². The van der Waals surface area contributed by atoms with Gasteiger partial charge in [-0.3, -0.25) is 9.10 Å². The number of nitrogens with zero attached hydrogens (tertiary/aromatic N) is 1. The molecule has 0 aliphatic heterocycles. The van der Waals surface area contributed by atoms with Gasteiger partial charge in [0.05, 0.1) is 11.2 Å². The van der Waals surface area contributed by atoms with Crippen molar-refractivity contribution in [3.63, 3.8) is 0 Å². The topological polar surface area (TPSA) is 20.3 Å². The summed E-state index contributed by atoms with van der Waals surface area (Å²) >= 11 is 0.974. The van der Waals surface area contributed by atoms with Gasteiger partial charge in [-0.15, -0.1) is 0 Å². The molecule has 10 heavy (non-hydrogen) atoms. The molecule has 2 nitrogen and oxygen atoms in total. The van der Waals surface area contributed by atoms with Crippen LogP contribution in [0, 0.1) is 0 Å². The van der Waals surface area contributed by atoms with Gasteiger partial charge in [-0.05, 0) is 24.0 Å². The maximum atomic E-state index is 11.0. The lowest BCUT2D eigenvalue weighted by molar-refractivity contribution is -0.125. The molecule has 0 aromatic rings. The molecule has 0 fully saturated rings. The van der Waals surface area contributed by atoms with E-state index in [0.29, 0.717) is 13.0 Å². The summed E-state index contributed by atoms with van der Waals surface area (Å²) in [5.41, 5.74) is 0. The standard InChI is InChI=1S/C6H12ClNOS/c1-3-5-6(9)8(4-2)10-7/h3-5H2,1-2H3. The van der Waals surface area contributed by atoms with Gasteiger partial charge in [0, 0.05) is 13.0 Å². The fraction of sp³-hybridized carbons (Fsp3) is 0.833. The number of rotatable bonds is 4. The third kappa shape index (κ3) is 3.32. The SMILES string of the molecule is CCCC(=O)N(CC)SCl. The van der Waals surface area contributed by atoms with Crippen LogP contribution in [0.5, 0.6) is 0 Å². The second-order valence-electron chi connectivity index (χ2n) is 1.91. The minimum absolute atomic E-state index is 0.116. The van der Waals surface area contributed by atoms with Crippen LogP contribution in [0.15, 0.2) is 0 Å². The minimum atomic E-state index is 0.116. The quantitative estimate of drug-likeness (QED) is 0.621. The molecule has 0 unspecified atom stereocenters. The van der Waals surface area contributed by atoms with E-state index in [1.54, 1.807) is 4.31 Å². The Kier molecular flexibility index (Phi) is 5.93. The Balaban J connectivity index is 3.65. The Labute approximate surface area is 70.6 Å². The Morgan fingerprint density at radius 1 is 1.60 bits per heavy atom. The first-order valence-corrected chi connectivity index (χ1v) is 4.95. The molecule has 0 heterocycles. The molecular weight excluding hydrogens is 170 g/mol. The third-order valence-electron chi connectivity index (χ3n) is 1.11. The van der Waals surface area contributed by atoms with Gasteiger partial charge in [0.25, 0.3) is 0 Å². The average molecular weight is 182 g/mol. The van der Waals surface area contributed by atoms with Crippen molar-refractivity contribution in [2.24, 2.45) is 0 Å². The van der Waals surface area contributed by atoms with Crippen molar-refractivity contribution in [2.45, 2.75) is 26.7 Å². The summed E-state index contributed by atoms with van der Waals surface area (Å²) in [7, 11) is 5.42. The normalized spacial score (nSPS) is 9.50. The Morgan fingerprint density at radius 2 is 2.20 bits per heavy atom. The molecule has 0 atom stereocenters. The molecule has 0 N–H and O–H groups in total. The van der Waals surface area contributed by atoms with Crippen LogP contribution in [-0.4, -0.2) is 16.8 Å². The van der Waals surface area contributed by atoms with E-state index in [9.17, 15) is 4.79 Å². The number of carbonyl (C=O) groups excluding carboxylic acids is 1. The first kappa shape index (κ1) is 10.1. The zero-order valence-electron chi connectivity index (χ0n) is 6.26.